The fourth-order valence-corrected chi connectivity index (χ4v) is 1.96. The van der Waals surface area contributed by atoms with Gasteiger partial charge >= 0.3 is 0 Å². The third-order valence-corrected chi connectivity index (χ3v) is 3.04. The van der Waals surface area contributed by atoms with Crippen LogP contribution in [-0.2, 0) is 6.54 Å². The lowest BCUT2D eigenvalue weighted by Crippen LogP contribution is -2.24. The van der Waals surface area contributed by atoms with Gasteiger partial charge in [-0.05, 0) is 29.8 Å². The predicted octanol–water partition coefficient (Wildman–Crippen LogP) is 2.34. The summed E-state index contributed by atoms with van der Waals surface area (Å²) in [6.07, 6.45) is 0. The van der Waals surface area contributed by atoms with E-state index < -0.39 is 0 Å². The molecular weight excluding hydrogens is 270 g/mol. The van der Waals surface area contributed by atoms with E-state index in [0.29, 0.717) is 23.6 Å². The number of rotatable bonds is 5. The van der Waals surface area contributed by atoms with Crippen molar-refractivity contribution in [1.82, 2.24) is 5.32 Å². The summed E-state index contributed by atoms with van der Waals surface area (Å²) in [5.41, 5.74) is 1.25. The van der Waals surface area contributed by atoms with Gasteiger partial charge < -0.3 is 19.9 Å². The molecule has 0 aliphatic carbocycles. The van der Waals surface area contributed by atoms with Crippen molar-refractivity contribution in [2.24, 2.45) is 0 Å². The van der Waals surface area contributed by atoms with E-state index >= 15 is 0 Å². The number of hydrogen-bond acceptors (Lipinski definition) is 4. The van der Waals surface area contributed by atoms with Crippen molar-refractivity contribution in [1.29, 1.82) is 0 Å². The van der Waals surface area contributed by atoms with Crippen LogP contribution >= 0.6 is 0 Å². The lowest BCUT2D eigenvalue weighted by Gasteiger charge is -2.13. The van der Waals surface area contributed by atoms with Crippen LogP contribution < -0.4 is 14.8 Å². The number of phenolic OH excluding ortho intramolecular Hbond substituents is 1. The summed E-state index contributed by atoms with van der Waals surface area (Å²) >= 11 is 0. The molecule has 0 radical (unpaired) electrons. The van der Waals surface area contributed by atoms with Crippen LogP contribution in [0.1, 0.15) is 15.9 Å². The van der Waals surface area contributed by atoms with Crippen LogP contribution in [0.3, 0.4) is 0 Å². The second kappa shape index (κ2) is 6.65. The first-order valence-corrected chi connectivity index (χ1v) is 6.42. The highest BCUT2D eigenvalue weighted by Gasteiger charge is 2.17. The van der Waals surface area contributed by atoms with Gasteiger partial charge in [-0.3, -0.25) is 4.79 Å². The average molecular weight is 287 g/mol. The van der Waals surface area contributed by atoms with E-state index in [1.807, 2.05) is 0 Å². The summed E-state index contributed by atoms with van der Waals surface area (Å²) < 4.78 is 10.4. The Morgan fingerprint density at radius 3 is 2.14 bits per heavy atom. The van der Waals surface area contributed by atoms with E-state index in [1.54, 1.807) is 42.5 Å². The minimum absolute atomic E-state index is 0.191. The van der Waals surface area contributed by atoms with Crippen molar-refractivity contribution in [3.8, 4) is 17.2 Å². The first kappa shape index (κ1) is 14.7. The molecule has 5 heteroatoms. The second-order valence-electron chi connectivity index (χ2n) is 4.39. The molecule has 2 N–H and O–H groups in total. The smallest absolute Gasteiger partial charge is 0.259 e. The van der Waals surface area contributed by atoms with Crippen molar-refractivity contribution in [3.05, 3.63) is 53.6 Å². The highest BCUT2D eigenvalue weighted by atomic mass is 16.5. The van der Waals surface area contributed by atoms with E-state index in [1.165, 1.54) is 14.2 Å². The van der Waals surface area contributed by atoms with Gasteiger partial charge in [0.2, 0.25) is 0 Å². The number of hydrogen-bond donors (Lipinski definition) is 2. The molecule has 0 aliphatic heterocycles. The molecular formula is C16H17NO4. The Balaban J connectivity index is 2.15. The standard InChI is InChI=1S/C16H17NO4/c1-20-13-4-3-5-14(21-2)15(13)16(19)17-10-11-6-8-12(18)9-7-11/h3-9,18H,10H2,1-2H3,(H,17,19). The summed E-state index contributed by atoms with van der Waals surface area (Å²) in [4.78, 5) is 12.3. The largest absolute Gasteiger partial charge is 0.508 e. The van der Waals surface area contributed by atoms with E-state index in [4.69, 9.17) is 9.47 Å². The van der Waals surface area contributed by atoms with E-state index in [-0.39, 0.29) is 11.7 Å². The number of carbonyl (C=O) groups is 1. The van der Waals surface area contributed by atoms with Crippen molar-refractivity contribution in [2.75, 3.05) is 14.2 Å². The van der Waals surface area contributed by atoms with Crippen molar-refractivity contribution >= 4 is 5.91 Å². The van der Waals surface area contributed by atoms with Gasteiger partial charge in [0, 0.05) is 6.54 Å². The Hall–Kier alpha value is -2.69. The number of aromatic hydroxyl groups is 1. The second-order valence-corrected chi connectivity index (χ2v) is 4.39. The number of methoxy groups -OCH3 is 2. The Labute approximate surface area is 123 Å². The Morgan fingerprint density at radius 1 is 1.05 bits per heavy atom. The molecule has 0 unspecified atom stereocenters. The summed E-state index contributed by atoms with van der Waals surface area (Å²) in [5.74, 6) is 0.823. The quantitative estimate of drug-likeness (QED) is 0.885. The fraction of sp³-hybridized carbons (Fsp3) is 0.188. The molecule has 0 saturated heterocycles. The molecule has 110 valence electrons. The molecule has 2 aromatic rings. The van der Waals surface area contributed by atoms with Gasteiger partial charge in [-0.15, -0.1) is 0 Å². The van der Waals surface area contributed by atoms with Gasteiger partial charge in [-0.2, -0.15) is 0 Å². The third-order valence-electron chi connectivity index (χ3n) is 3.04. The SMILES string of the molecule is COc1cccc(OC)c1C(=O)NCc1ccc(O)cc1. The summed E-state index contributed by atoms with van der Waals surface area (Å²) in [7, 11) is 3.01. The summed E-state index contributed by atoms with van der Waals surface area (Å²) in [5, 5.41) is 12.0. The zero-order valence-electron chi connectivity index (χ0n) is 11.9. The zero-order chi connectivity index (χ0) is 15.2. The molecule has 0 aromatic heterocycles. The maximum absolute atomic E-state index is 12.3. The normalized spacial score (nSPS) is 10.0. The molecule has 0 aliphatic rings. The van der Waals surface area contributed by atoms with Crippen LogP contribution in [0.25, 0.3) is 0 Å². The Morgan fingerprint density at radius 2 is 1.62 bits per heavy atom. The molecule has 2 rings (SSSR count). The van der Waals surface area contributed by atoms with E-state index in [0.717, 1.165) is 5.56 Å². The molecule has 0 bridgehead atoms. The molecule has 0 atom stereocenters. The Kier molecular flexibility index (Phi) is 4.66. The van der Waals surface area contributed by atoms with Gasteiger partial charge in [0.15, 0.2) is 0 Å². The number of carbonyl (C=O) groups excluding carboxylic acids is 1. The minimum Gasteiger partial charge on any atom is -0.508 e. The van der Waals surface area contributed by atoms with Crippen LogP contribution in [0.15, 0.2) is 42.5 Å². The third kappa shape index (κ3) is 3.45. The fourth-order valence-electron chi connectivity index (χ4n) is 1.96. The van der Waals surface area contributed by atoms with Crippen LogP contribution in [-0.4, -0.2) is 25.2 Å². The number of nitrogens with one attached hydrogen (secondary N) is 1. The molecule has 21 heavy (non-hydrogen) atoms. The molecule has 5 nitrogen and oxygen atoms in total. The summed E-state index contributed by atoms with van der Waals surface area (Å²) in [6.45, 7) is 0.348. The first-order chi connectivity index (χ1) is 10.2. The molecule has 0 saturated carbocycles. The average Bonchev–Trinajstić information content (AvgIpc) is 2.53. The minimum atomic E-state index is -0.280. The Bertz CT molecular complexity index is 600. The maximum Gasteiger partial charge on any atom is 0.259 e. The number of amides is 1. The van der Waals surface area contributed by atoms with Gasteiger partial charge in [0.25, 0.3) is 5.91 Å². The molecule has 2 aromatic carbocycles. The molecule has 0 fully saturated rings. The van der Waals surface area contributed by atoms with E-state index in [9.17, 15) is 9.90 Å². The first-order valence-electron chi connectivity index (χ1n) is 6.42. The van der Waals surface area contributed by atoms with Gasteiger partial charge in [0.05, 0.1) is 14.2 Å². The molecule has 0 spiro atoms. The van der Waals surface area contributed by atoms with Crippen LogP contribution in [0.2, 0.25) is 0 Å². The van der Waals surface area contributed by atoms with Gasteiger partial charge in [0.1, 0.15) is 22.8 Å². The summed E-state index contributed by atoms with van der Waals surface area (Å²) in [6, 6.07) is 11.8. The lowest BCUT2D eigenvalue weighted by molar-refractivity contribution is 0.0944. The van der Waals surface area contributed by atoms with E-state index in [2.05, 4.69) is 5.32 Å². The monoisotopic (exact) mass is 287 g/mol. The maximum atomic E-state index is 12.3. The highest BCUT2D eigenvalue weighted by molar-refractivity contribution is 5.99. The highest BCUT2D eigenvalue weighted by Crippen LogP contribution is 2.28. The number of benzene rings is 2. The van der Waals surface area contributed by atoms with Crippen LogP contribution in [0.4, 0.5) is 0 Å². The number of phenols is 1. The topological polar surface area (TPSA) is 67.8 Å². The predicted molar refractivity (Wildman–Crippen MR) is 78.8 cm³/mol. The van der Waals surface area contributed by atoms with Crippen LogP contribution in [0.5, 0.6) is 17.2 Å². The zero-order valence-corrected chi connectivity index (χ0v) is 11.9. The lowest BCUT2D eigenvalue weighted by atomic mass is 10.1. The van der Waals surface area contributed by atoms with Crippen molar-refractivity contribution in [3.63, 3.8) is 0 Å². The van der Waals surface area contributed by atoms with Gasteiger partial charge in [-0.1, -0.05) is 18.2 Å². The number of ether oxygens (including phenoxy) is 2. The van der Waals surface area contributed by atoms with Crippen molar-refractivity contribution < 1.29 is 19.4 Å². The van der Waals surface area contributed by atoms with Crippen molar-refractivity contribution in [2.45, 2.75) is 6.54 Å². The molecule has 0 heterocycles. The van der Waals surface area contributed by atoms with Gasteiger partial charge in [-0.25, -0.2) is 0 Å². The van der Waals surface area contributed by atoms with Crippen LogP contribution in [0, 0.1) is 0 Å². The molecule has 1 amide bonds.